The van der Waals surface area contributed by atoms with E-state index in [1.165, 1.54) is 12.7 Å². The first-order valence-corrected chi connectivity index (χ1v) is 16.2. The molecule has 2 heterocycles. The van der Waals surface area contributed by atoms with E-state index in [-0.39, 0.29) is 36.7 Å². The summed E-state index contributed by atoms with van der Waals surface area (Å²) in [4.78, 5) is 4.54. The Morgan fingerprint density at radius 2 is 1.81 bits per heavy atom. The van der Waals surface area contributed by atoms with Crippen LogP contribution in [0.4, 0.5) is 0 Å². The van der Waals surface area contributed by atoms with Gasteiger partial charge in [0.25, 0.3) is 0 Å². The summed E-state index contributed by atoms with van der Waals surface area (Å²) in [6, 6.07) is 18.8. The van der Waals surface area contributed by atoms with Crippen LogP contribution in [-0.4, -0.2) is 73.3 Å². The van der Waals surface area contributed by atoms with Crippen LogP contribution in [0.1, 0.15) is 39.8 Å². The molecular weight excluding hydrogens is 612 g/mol. The molecule has 7 rings (SSSR count). The number of phenolic OH excluding ortho intramolecular Hbond substituents is 2. The molecule has 5 N–H and O–H groups in total. The second kappa shape index (κ2) is 13.5. The largest absolute Gasteiger partial charge is 0.508 e. The summed E-state index contributed by atoms with van der Waals surface area (Å²) in [5, 5.41) is 46.2. The standard InChI is InChI=1S/C38H40N2O8/c1-39-20-46-36-16-29-30-13-24(12-21-3-7-31-22(11-21)9-10-40-31)28-15-25(43)5-6-27(28)37(30)35(47-26(18-41)19-42)17-33(29)48-38(36)23-4-8-32(44)34(14-23)45-2/h3-9,11,14-15,17,24,26,36,38-39,41-44H,10,12-13,16,18-20H2,1-2H3. The van der Waals surface area contributed by atoms with Gasteiger partial charge in [0.2, 0.25) is 0 Å². The maximum atomic E-state index is 10.7. The average molecular weight is 653 g/mol. The number of benzene rings is 4. The van der Waals surface area contributed by atoms with Crippen LogP contribution < -0.4 is 30.1 Å². The number of aliphatic hydroxyl groups excluding tert-OH is 2. The Kier molecular flexibility index (Phi) is 8.98. The zero-order valence-corrected chi connectivity index (χ0v) is 27.0. The summed E-state index contributed by atoms with van der Waals surface area (Å²) in [5.41, 5.74) is 6.78. The lowest BCUT2D eigenvalue weighted by Gasteiger charge is -2.38. The molecule has 0 aromatic heterocycles. The summed E-state index contributed by atoms with van der Waals surface area (Å²) < 4.78 is 24.8. The minimum Gasteiger partial charge on any atom is -0.508 e. The lowest BCUT2D eigenvalue weighted by Crippen LogP contribution is -2.36. The molecule has 0 fully saturated rings. The minimum atomic E-state index is -0.842. The van der Waals surface area contributed by atoms with Gasteiger partial charge in [-0.2, -0.15) is 0 Å². The number of phenols is 2. The van der Waals surface area contributed by atoms with Gasteiger partial charge in [0.1, 0.15) is 29.5 Å². The number of fused-ring (bicyclic) bond motifs is 6. The van der Waals surface area contributed by atoms with Crippen LogP contribution >= 0.6 is 0 Å². The molecule has 3 aliphatic rings. The summed E-state index contributed by atoms with van der Waals surface area (Å²) in [5.74, 6) is 1.67. The molecule has 2 aliphatic heterocycles. The molecule has 0 radical (unpaired) electrons. The predicted molar refractivity (Wildman–Crippen MR) is 179 cm³/mol. The summed E-state index contributed by atoms with van der Waals surface area (Å²) in [7, 11) is 3.33. The van der Waals surface area contributed by atoms with Gasteiger partial charge in [-0.1, -0.05) is 24.3 Å². The molecule has 10 nitrogen and oxygen atoms in total. The topological polar surface area (TPSA) is 142 Å². The summed E-state index contributed by atoms with van der Waals surface area (Å²) >= 11 is 0. The number of nitrogens with one attached hydrogen (secondary N) is 1. The Labute approximate surface area is 278 Å². The first-order chi connectivity index (χ1) is 23.4. The third-order valence-electron chi connectivity index (χ3n) is 9.49. The highest BCUT2D eigenvalue weighted by atomic mass is 16.6. The Bertz CT molecular complexity index is 1960. The lowest BCUT2D eigenvalue weighted by molar-refractivity contribution is -0.0429. The Hall–Kier alpha value is -4.61. The van der Waals surface area contributed by atoms with Gasteiger partial charge in [-0.25, -0.2) is 0 Å². The van der Waals surface area contributed by atoms with Crippen molar-refractivity contribution >= 4 is 6.08 Å². The van der Waals surface area contributed by atoms with Crippen molar-refractivity contribution < 1.29 is 39.4 Å². The number of ether oxygens (including phenoxy) is 4. The quantitative estimate of drug-likeness (QED) is 0.155. The van der Waals surface area contributed by atoms with Crippen LogP contribution in [0.25, 0.3) is 17.2 Å². The SMILES string of the molecule is CNCOC1Cc2c(cc(OC(CO)CO)c3c2CC(Cc2ccc4c(c2)=CCN=4)c2cc(O)ccc2-3)OC1c1ccc(O)c(OC)c1. The Morgan fingerprint density at radius 1 is 0.958 bits per heavy atom. The molecule has 3 unspecified atom stereocenters. The van der Waals surface area contributed by atoms with Gasteiger partial charge in [0, 0.05) is 23.6 Å². The fourth-order valence-electron chi connectivity index (χ4n) is 7.21. The fraction of sp³-hybridized carbons (Fsp3) is 0.342. The van der Waals surface area contributed by atoms with Gasteiger partial charge in [-0.3, -0.25) is 10.3 Å². The molecule has 0 saturated heterocycles. The molecule has 0 spiro atoms. The van der Waals surface area contributed by atoms with Crippen molar-refractivity contribution in [2.45, 2.75) is 43.5 Å². The lowest BCUT2D eigenvalue weighted by atomic mass is 9.73. The maximum Gasteiger partial charge on any atom is 0.160 e. The van der Waals surface area contributed by atoms with Crippen molar-refractivity contribution in [1.82, 2.24) is 5.32 Å². The second-order valence-electron chi connectivity index (χ2n) is 12.5. The number of nitrogens with zero attached hydrogens (tertiary/aromatic N) is 1. The molecule has 3 atom stereocenters. The molecule has 0 saturated carbocycles. The van der Waals surface area contributed by atoms with Crippen molar-refractivity contribution in [2.24, 2.45) is 4.99 Å². The van der Waals surface area contributed by atoms with E-state index in [9.17, 15) is 20.4 Å². The smallest absolute Gasteiger partial charge is 0.160 e. The first kappa shape index (κ1) is 32.0. The third kappa shape index (κ3) is 5.97. The van der Waals surface area contributed by atoms with E-state index in [1.807, 2.05) is 25.2 Å². The number of aromatic hydroxyl groups is 2. The van der Waals surface area contributed by atoms with Crippen molar-refractivity contribution in [3.05, 3.63) is 99.1 Å². The monoisotopic (exact) mass is 652 g/mol. The molecule has 250 valence electrons. The molecule has 4 aromatic rings. The highest BCUT2D eigenvalue weighted by Gasteiger charge is 2.39. The van der Waals surface area contributed by atoms with Crippen LogP contribution in [0.5, 0.6) is 28.7 Å². The van der Waals surface area contributed by atoms with Gasteiger partial charge in [0.05, 0.1) is 39.0 Å². The fourth-order valence-corrected chi connectivity index (χ4v) is 7.21. The summed E-state index contributed by atoms with van der Waals surface area (Å²) in [6.45, 7) is 0.260. The molecule has 10 heteroatoms. The van der Waals surface area contributed by atoms with Gasteiger partial charge in [-0.05, 0) is 95.2 Å². The van der Waals surface area contributed by atoms with Gasteiger partial charge in [-0.15, -0.1) is 0 Å². The molecule has 48 heavy (non-hydrogen) atoms. The molecule has 0 bridgehead atoms. The van der Waals surface area contributed by atoms with Crippen molar-refractivity contribution in [3.63, 3.8) is 0 Å². The number of hydrogen-bond donors (Lipinski definition) is 5. The van der Waals surface area contributed by atoms with E-state index in [1.54, 1.807) is 24.3 Å². The predicted octanol–water partition coefficient (Wildman–Crippen LogP) is 3.04. The maximum absolute atomic E-state index is 10.7. The van der Waals surface area contributed by atoms with E-state index >= 15 is 0 Å². The summed E-state index contributed by atoms with van der Waals surface area (Å²) in [6.07, 6.45) is 2.29. The average Bonchev–Trinajstić information content (AvgIpc) is 3.57. The van der Waals surface area contributed by atoms with Crippen molar-refractivity contribution in [1.29, 1.82) is 0 Å². The first-order valence-electron chi connectivity index (χ1n) is 16.2. The van der Waals surface area contributed by atoms with Crippen molar-refractivity contribution in [2.75, 3.05) is 40.6 Å². The van der Waals surface area contributed by atoms with E-state index in [0.29, 0.717) is 43.4 Å². The van der Waals surface area contributed by atoms with Gasteiger partial charge >= 0.3 is 0 Å². The second-order valence-corrected chi connectivity index (χ2v) is 12.5. The number of rotatable bonds is 11. The zero-order chi connectivity index (χ0) is 33.4. The molecule has 1 aliphatic carbocycles. The molecular formula is C38H40N2O8. The van der Waals surface area contributed by atoms with Crippen LogP contribution in [0.15, 0.2) is 65.7 Å². The van der Waals surface area contributed by atoms with Crippen LogP contribution in [-0.2, 0) is 24.0 Å². The zero-order valence-electron chi connectivity index (χ0n) is 27.0. The highest BCUT2D eigenvalue weighted by Crippen LogP contribution is 2.52. The Balaban J connectivity index is 1.37. The Morgan fingerprint density at radius 3 is 2.60 bits per heavy atom. The normalized spacial score (nSPS) is 18.9. The van der Waals surface area contributed by atoms with E-state index in [2.05, 4.69) is 34.6 Å². The number of hydrogen-bond acceptors (Lipinski definition) is 10. The third-order valence-corrected chi connectivity index (χ3v) is 9.49. The van der Waals surface area contributed by atoms with Crippen LogP contribution in [0.2, 0.25) is 0 Å². The highest BCUT2D eigenvalue weighted by molar-refractivity contribution is 5.83. The van der Waals surface area contributed by atoms with Gasteiger partial charge in [0.15, 0.2) is 17.6 Å². The van der Waals surface area contributed by atoms with Crippen LogP contribution in [0.3, 0.4) is 0 Å². The van der Waals surface area contributed by atoms with E-state index < -0.39 is 12.2 Å². The van der Waals surface area contributed by atoms with E-state index in [4.69, 9.17) is 18.9 Å². The number of methoxy groups -OCH3 is 1. The van der Waals surface area contributed by atoms with Crippen LogP contribution in [0, 0.1) is 0 Å². The minimum absolute atomic E-state index is 0.0255. The van der Waals surface area contributed by atoms with Crippen molar-refractivity contribution in [3.8, 4) is 39.9 Å². The molecule has 4 aromatic carbocycles. The number of aliphatic hydroxyl groups is 2. The van der Waals surface area contributed by atoms with Gasteiger partial charge < -0.3 is 39.4 Å². The molecule has 0 amide bonds. The van der Waals surface area contributed by atoms with E-state index in [0.717, 1.165) is 50.4 Å².